The van der Waals surface area contributed by atoms with Gasteiger partial charge in [0.05, 0.1) is 18.7 Å². The van der Waals surface area contributed by atoms with Gasteiger partial charge in [0.15, 0.2) is 16.7 Å². The third kappa shape index (κ3) is 5.34. The van der Waals surface area contributed by atoms with Crippen molar-refractivity contribution in [3.8, 4) is 28.3 Å². The molecule has 0 fully saturated rings. The minimum Gasteiger partial charge on any atom is -0.434 e. The zero-order chi connectivity index (χ0) is 25.6. The number of para-hydroxylation sites is 1. The SMILES string of the molecule is CCCSc1nc2cccc(OC(=O)OCC)c2n1Cc1ccc(-c2ccccc2-c2nnn[nH]2)cc1. The summed E-state index contributed by atoms with van der Waals surface area (Å²) in [5.74, 6) is 1.98. The number of rotatable bonds is 9. The highest BCUT2D eigenvalue weighted by atomic mass is 32.2. The summed E-state index contributed by atoms with van der Waals surface area (Å²) in [5.41, 5.74) is 5.64. The molecule has 0 spiro atoms. The van der Waals surface area contributed by atoms with Crippen LogP contribution >= 0.6 is 11.8 Å². The Morgan fingerprint density at radius 1 is 1.00 bits per heavy atom. The van der Waals surface area contributed by atoms with Crippen LogP contribution in [0.3, 0.4) is 0 Å². The summed E-state index contributed by atoms with van der Waals surface area (Å²) >= 11 is 1.69. The summed E-state index contributed by atoms with van der Waals surface area (Å²) in [6.07, 6.45) is 0.296. The van der Waals surface area contributed by atoms with E-state index in [9.17, 15) is 4.79 Å². The predicted molar refractivity (Wildman–Crippen MR) is 143 cm³/mol. The monoisotopic (exact) mass is 514 g/mol. The summed E-state index contributed by atoms with van der Waals surface area (Å²) in [4.78, 5) is 16.9. The minimum atomic E-state index is -0.726. The Morgan fingerprint density at radius 2 is 1.81 bits per heavy atom. The van der Waals surface area contributed by atoms with Crippen molar-refractivity contribution < 1.29 is 14.3 Å². The zero-order valence-electron chi connectivity index (χ0n) is 20.5. The average molecular weight is 515 g/mol. The molecule has 0 saturated heterocycles. The minimum absolute atomic E-state index is 0.244. The molecule has 2 aromatic heterocycles. The molecule has 0 radical (unpaired) electrons. The summed E-state index contributed by atoms with van der Waals surface area (Å²) in [6.45, 7) is 4.70. The van der Waals surface area contributed by atoms with Crippen LogP contribution in [0.1, 0.15) is 25.8 Å². The van der Waals surface area contributed by atoms with Crippen molar-refractivity contribution >= 4 is 29.0 Å². The lowest BCUT2D eigenvalue weighted by Gasteiger charge is -2.13. The highest BCUT2D eigenvalue weighted by Crippen LogP contribution is 2.33. The maximum absolute atomic E-state index is 12.1. The molecular formula is C27H26N6O3S. The van der Waals surface area contributed by atoms with Crippen molar-refractivity contribution in [2.24, 2.45) is 0 Å². The van der Waals surface area contributed by atoms with Gasteiger partial charge >= 0.3 is 6.16 Å². The molecule has 0 saturated carbocycles. The van der Waals surface area contributed by atoms with E-state index in [2.05, 4.69) is 62.4 Å². The van der Waals surface area contributed by atoms with Crippen LogP contribution in [0.15, 0.2) is 71.9 Å². The van der Waals surface area contributed by atoms with E-state index in [1.165, 1.54) is 0 Å². The maximum Gasteiger partial charge on any atom is 0.513 e. The molecule has 0 unspecified atom stereocenters. The van der Waals surface area contributed by atoms with Gasteiger partial charge in [0.1, 0.15) is 5.52 Å². The Labute approximate surface area is 218 Å². The molecular weight excluding hydrogens is 488 g/mol. The summed E-state index contributed by atoms with van der Waals surface area (Å²) in [5, 5.41) is 15.2. The van der Waals surface area contributed by atoms with Crippen LogP contribution in [0.5, 0.6) is 5.75 Å². The molecule has 2 heterocycles. The number of tetrazole rings is 1. The first-order valence-corrected chi connectivity index (χ1v) is 13.1. The highest BCUT2D eigenvalue weighted by molar-refractivity contribution is 7.99. The average Bonchev–Trinajstić information content (AvgIpc) is 3.57. The molecule has 0 amide bonds. The number of H-pyrrole nitrogens is 1. The second-order valence-electron chi connectivity index (χ2n) is 8.23. The van der Waals surface area contributed by atoms with Crippen LogP contribution in [-0.4, -0.2) is 48.7 Å². The highest BCUT2D eigenvalue weighted by Gasteiger charge is 2.18. The fourth-order valence-corrected chi connectivity index (χ4v) is 4.95. The second-order valence-corrected chi connectivity index (χ2v) is 9.29. The molecule has 37 heavy (non-hydrogen) atoms. The first kappa shape index (κ1) is 24.5. The van der Waals surface area contributed by atoms with E-state index in [1.807, 2.05) is 30.3 Å². The first-order chi connectivity index (χ1) is 18.2. The van der Waals surface area contributed by atoms with Crippen molar-refractivity contribution in [3.63, 3.8) is 0 Å². The Kier molecular flexibility index (Phi) is 7.46. The van der Waals surface area contributed by atoms with Gasteiger partial charge in [-0.3, -0.25) is 0 Å². The van der Waals surface area contributed by atoms with Gasteiger partial charge in [0, 0.05) is 11.3 Å². The van der Waals surface area contributed by atoms with E-state index in [0.29, 0.717) is 18.1 Å². The third-order valence-corrected chi connectivity index (χ3v) is 6.90. The maximum atomic E-state index is 12.1. The van der Waals surface area contributed by atoms with Crippen LogP contribution in [-0.2, 0) is 11.3 Å². The predicted octanol–water partition coefficient (Wildman–Crippen LogP) is 5.97. The van der Waals surface area contributed by atoms with E-state index in [0.717, 1.165) is 50.6 Å². The summed E-state index contributed by atoms with van der Waals surface area (Å²) in [7, 11) is 0. The molecule has 1 N–H and O–H groups in total. The Balaban J connectivity index is 1.49. The van der Waals surface area contributed by atoms with E-state index < -0.39 is 6.16 Å². The second kappa shape index (κ2) is 11.3. The van der Waals surface area contributed by atoms with Crippen molar-refractivity contribution in [2.75, 3.05) is 12.4 Å². The number of ether oxygens (including phenoxy) is 2. The molecule has 0 bridgehead atoms. The number of thioether (sulfide) groups is 1. The molecule has 188 valence electrons. The molecule has 0 aliphatic heterocycles. The van der Waals surface area contributed by atoms with Gasteiger partial charge in [0.2, 0.25) is 0 Å². The number of hydrogen-bond acceptors (Lipinski definition) is 8. The summed E-state index contributed by atoms with van der Waals surface area (Å²) < 4.78 is 12.6. The quantitative estimate of drug-likeness (QED) is 0.146. The molecule has 0 aliphatic carbocycles. The lowest BCUT2D eigenvalue weighted by Crippen LogP contribution is -2.11. The number of nitrogens with zero attached hydrogens (tertiary/aromatic N) is 5. The number of aromatic amines is 1. The van der Waals surface area contributed by atoms with E-state index in [-0.39, 0.29) is 6.61 Å². The fourth-order valence-electron chi connectivity index (χ4n) is 4.09. The molecule has 10 heteroatoms. The van der Waals surface area contributed by atoms with Gasteiger partial charge in [-0.05, 0) is 52.6 Å². The lowest BCUT2D eigenvalue weighted by molar-refractivity contribution is 0.104. The number of hydrogen-bond donors (Lipinski definition) is 1. The molecule has 9 nitrogen and oxygen atoms in total. The summed E-state index contributed by atoms with van der Waals surface area (Å²) in [6, 6.07) is 21.9. The number of carbonyl (C=O) groups excluding carboxylic acids is 1. The lowest BCUT2D eigenvalue weighted by atomic mass is 9.98. The topological polar surface area (TPSA) is 108 Å². The third-order valence-electron chi connectivity index (χ3n) is 5.72. The van der Waals surface area contributed by atoms with Gasteiger partial charge in [-0.2, -0.15) is 0 Å². The van der Waals surface area contributed by atoms with E-state index in [4.69, 9.17) is 14.5 Å². The first-order valence-electron chi connectivity index (χ1n) is 12.1. The standard InChI is InChI=1S/C27H26N6O3S/c1-3-16-37-26-28-22-10-7-11-23(36-27(34)35-4-2)24(22)33(26)17-18-12-14-19(15-13-18)20-8-5-6-9-21(20)25-29-31-32-30-25/h5-15H,3-4,16-17H2,1-2H3,(H,29,30,31,32). The van der Waals surface area contributed by atoms with Crippen LogP contribution < -0.4 is 4.74 Å². The van der Waals surface area contributed by atoms with Gasteiger partial charge in [-0.1, -0.05) is 73.3 Å². The van der Waals surface area contributed by atoms with Crippen molar-refractivity contribution in [1.29, 1.82) is 0 Å². The van der Waals surface area contributed by atoms with Gasteiger partial charge < -0.3 is 14.0 Å². The van der Waals surface area contributed by atoms with Crippen LogP contribution in [0.25, 0.3) is 33.5 Å². The molecule has 5 aromatic rings. The van der Waals surface area contributed by atoms with Crippen LogP contribution in [0.4, 0.5) is 4.79 Å². The Hall–Kier alpha value is -4.18. The molecule has 0 atom stereocenters. The normalized spacial score (nSPS) is 11.1. The number of benzene rings is 3. The molecule has 0 aliphatic rings. The van der Waals surface area contributed by atoms with E-state index >= 15 is 0 Å². The van der Waals surface area contributed by atoms with Gasteiger partial charge in [-0.15, -0.1) is 5.10 Å². The Morgan fingerprint density at radius 3 is 2.54 bits per heavy atom. The Bertz CT molecular complexity index is 1500. The van der Waals surface area contributed by atoms with Crippen LogP contribution in [0, 0.1) is 0 Å². The number of imidazole rings is 1. The smallest absolute Gasteiger partial charge is 0.434 e. The number of aromatic nitrogens is 6. The van der Waals surface area contributed by atoms with E-state index in [1.54, 1.807) is 24.8 Å². The molecule has 3 aromatic carbocycles. The van der Waals surface area contributed by atoms with Crippen molar-refractivity contribution in [1.82, 2.24) is 30.2 Å². The fraction of sp³-hybridized carbons (Fsp3) is 0.222. The molecule has 5 rings (SSSR count). The largest absolute Gasteiger partial charge is 0.513 e. The van der Waals surface area contributed by atoms with Crippen LogP contribution in [0.2, 0.25) is 0 Å². The van der Waals surface area contributed by atoms with Gasteiger partial charge in [-0.25, -0.2) is 14.9 Å². The number of carbonyl (C=O) groups is 1. The van der Waals surface area contributed by atoms with Crippen molar-refractivity contribution in [3.05, 3.63) is 72.3 Å². The number of nitrogens with one attached hydrogen (secondary N) is 1. The van der Waals surface area contributed by atoms with Gasteiger partial charge in [0.25, 0.3) is 0 Å². The number of fused-ring (bicyclic) bond motifs is 1. The zero-order valence-corrected chi connectivity index (χ0v) is 21.4. The van der Waals surface area contributed by atoms with Crippen molar-refractivity contribution in [2.45, 2.75) is 32.0 Å².